The lowest BCUT2D eigenvalue weighted by Gasteiger charge is -2.14. The minimum Gasteiger partial charge on any atom is -0.489 e. The van der Waals surface area contributed by atoms with Gasteiger partial charge in [0.1, 0.15) is 29.8 Å². The third-order valence-corrected chi connectivity index (χ3v) is 4.71. The molecule has 3 rings (SSSR count). The van der Waals surface area contributed by atoms with Gasteiger partial charge in [-0.2, -0.15) is 5.26 Å². The molecule has 1 heterocycles. The van der Waals surface area contributed by atoms with Crippen molar-refractivity contribution in [3.05, 3.63) is 70.0 Å². The highest BCUT2D eigenvalue weighted by molar-refractivity contribution is 6.31. The minimum absolute atomic E-state index is 0.0174. The van der Waals surface area contributed by atoms with Crippen molar-refractivity contribution in [2.75, 3.05) is 13.1 Å². The Bertz CT molecular complexity index is 894. The normalized spacial score (nSPS) is 14.1. The second kappa shape index (κ2) is 8.70. The van der Waals surface area contributed by atoms with Crippen molar-refractivity contribution in [1.29, 1.82) is 5.26 Å². The lowest BCUT2D eigenvalue weighted by atomic mass is 10.1. The summed E-state index contributed by atoms with van der Waals surface area (Å²) >= 11 is 6.00. The van der Waals surface area contributed by atoms with E-state index in [1.807, 2.05) is 6.07 Å². The molecule has 6 heteroatoms. The Morgan fingerprint density at radius 1 is 1.26 bits per heavy atom. The molecule has 1 saturated heterocycles. The van der Waals surface area contributed by atoms with Crippen LogP contribution >= 0.6 is 11.6 Å². The molecule has 1 amide bonds. The molecule has 0 spiro atoms. The Balaban J connectivity index is 1.74. The number of halogens is 2. The van der Waals surface area contributed by atoms with E-state index in [1.165, 1.54) is 12.1 Å². The van der Waals surface area contributed by atoms with E-state index in [4.69, 9.17) is 16.3 Å². The van der Waals surface area contributed by atoms with Crippen LogP contribution in [-0.2, 0) is 11.4 Å². The number of hydrogen-bond donors (Lipinski definition) is 0. The van der Waals surface area contributed by atoms with Crippen LogP contribution in [0.3, 0.4) is 0 Å². The van der Waals surface area contributed by atoms with Gasteiger partial charge in [-0.25, -0.2) is 4.39 Å². The average molecular weight is 385 g/mol. The molecule has 0 aliphatic carbocycles. The van der Waals surface area contributed by atoms with Gasteiger partial charge in [-0.05, 0) is 48.7 Å². The molecule has 138 valence electrons. The van der Waals surface area contributed by atoms with Crippen LogP contribution in [0.1, 0.15) is 24.0 Å². The number of nitriles is 1. The fourth-order valence-corrected chi connectivity index (χ4v) is 3.14. The smallest absolute Gasteiger partial charge is 0.264 e. The van der Waals surface area contributed by atoms with E-state index >= 15 is 0 Å². The standard InChI is InChI=1S/C21H18ClFN2O2/c22-19-7-4-8-20(23)18(19)14-27-17-6-3-5-15(12-17)11-16(13-24)21(26)25-9-1-2-10-25/h3-8,11-12H,1-2,9-10,14H2/b16-11+. The van der Waals surface area contributed by atoms with E-state index in [0.717, 1.165) is 12.8 Å². The first kappa shape index (κ1) is 18.9. The molecule has 2 aromatic rings. The summed E-state index contributed by atoms with van der Waals surface area (Å²) in [4.78, 5) is 14.1. The molecular weight excluding hydrogens is 367 g/mol. The molecule has 0 atom stereocenters. The monoisotopic (exact) mass is 384 g/mol. The van der Waals surface area contributed by atoms with Crippen LogP contribution in [0.5, 0.6) is 5.75 Å². The zero-order valence-electron chi connectivity index (χ0n) is 14.6. The zero-order valence-corrected chi connectivity index (χ0v) is 15.4. The Kier molecular flexibility index (Phi) is 6.10. The predicted molar refractivity (Wildman–Crippen MR) is 102 cm³/mol. The number of hydrogen-bond acceptors (Lipinski definition) is 3. The lowest BCUT2D eigenvalue weighted by molar-refractivity contribution is -0.125. The summed E-state index contributed by atoms with van der Waals surface area (Å²) in [5.74, 6) is -0.185. The van der Waals surface area contributed by atoms with Crippen LogP contribution in [0.25, 0.3) is 6.08 Å². The highest BCUT2D eigenvalue weighted by atomic mass is 35.5. The van der Waals surface area contributed by atoms with Crippen molar-refractivity contribution in [2.45, 2.75) is 19.4 Å². The highest BCUT2D eigenvalue weighted by Crippen LogP contribution is 2.23. The molecule has 0 radical (unpaired) electrons. The van der Waals surface area contributed by atoms with Crippen LogP contribution in [-0.4, -0.2) is 23.9 Å². The fourth-order valence-electron chi connectivity index (χ4n) is 2.92. The molecular formula is C21H18ClFN2O2. The summed E-state index contributed by atoms with van der Waals surface area (Å²) in [7, 11) is 0. The van der Waals surface area contributed by atoms with Crippen molar-refractivity contribution in [1.82, 2.24) is 4.90 Å². The van der Waals surface area contributed by atoms with Gasteiger partial charge in [0, 0.05) is 18.7 Å². The quantitative estimate of drug-likeness (QED) is 0.559. The van der Waals surface area contributed by atoms with Crippen molar-refractivity contribution >= 4 is 23.6 Å². The molecule has 0 saturated carbocycles. The van der Waals surface area contributed by atoms with E-state index in [1.54, 1.807) is 41.3 Å². The van der Waals surface area contributed by atoms with E-state index in [-0.39, 0.29) is 23.7 Å². The molecule has 2 aromatic carbocycles. The van der Waals surface area contributed by atoms with Gasteiger partial charge in [-0.15, -0.1) is 0 Å². The van der Waals surface area contributed by atoms with E-state index in [2.05, 4.69) is 0 Å². The maximum absolute atomic E-state index is 13.8. The SMILES string of the molecule is N#C/C(=C\c1cccc(OCc2c(F)cccc2Cl)c1)C(=O)N1CCCC1. The lowest BCUT2D eigenvalue weighted by Crippen LogP contribution is -2.28. The van der Waals surface area contributed by atoms with E-state index in [0.29, 0.717) is 29.4 Å². The summed E-state index contributed by atoms with van der Waals surface area (Å²) in [6.45, 7) is 1.35. The molecule has 1 aliphatic rings. The van der Waals surface area contributed by atoms with E-state index < -0.39 is 5.82 Å². The molecule has 0 bridgehead atoms. The predicted octanol–water partition coefficient (Wildman–Crippen LogP) is 4.59. The third kappa shape index (κ3) is 4.66. The first-order chi connectivity index (χ1) is 13.1. The molecule has 1 aliphatic heterocycles. The molecule has 1 fully saturated rings. The summed E-state index contributed by atoms with van der Waals surface area (Å²) in [5.41, 5.74) is 1.03. The molecule has 0 aromatic heterocycles. The molecule has 0 unspecified atom stereocenters. The third-order valence-electron chi connectivity index (χ3n) is 4.36. The first-order valence-electron chi connectivity index (χ1n) is 8.65. The Morgan fingerprint density at radius 2 is 2.00 bits per heavy atom. The summed E-state index contributed by atoms with van der Waals surface area (Å²) in [5, 5.41) is 9.65. The topological polar surface area (TPSA) is 53.3 Å². The second-order valence-corrected chi connectivity index (χ2v) is 6.64. The molecule has 0 N–H and O–H groups in total. The number of rotatable bonds is 5. The second-order valence-electron chi connectivity index (χ2n) is 6.23. The first-order valence-corrected chi connectivity index (χ1v) is 9.03. The number of carbonyl (C=O) groups excluding carboxylic acids is 1. The Labute approximate surface area is 162 Å². The van der Waals surface area contributed by atoms with Crippen molar-refractivity contribution in [3.8, 4) is 11.8 Å². The minimum atomic E-state index is -0.429. The molecule has 27 heavy (non-hydrogen) atoms. The largest absolute Gasteiger partial charge is 0.489 e. The van der Waals surface area contributed by atoms with Gasteiger partial charge >= 0.3 is 0 Å². The van der Waals surface area contributed by atoms with E-state index in [9.17, 15) is 14.4 Å². The van der Waals surface area contributed by atoms with Gasteiger partial charge in [0.2, 0.25) is 0 Å². The van der Waals surface area contributed by atoms with Crippen LogP contribution < -0.4 is 4.74 Å². The van der Waals surface area contributed by atoms with Crippen molar-refractivity contribution < 1.29 is 13.9 Å². The number of carbonyl (C=O) groups is 1. The van der Waals surface area contributed by atoms with Crippen LogP contribution in [0.15, 0.2) is 48.0 Å². The van der Waals surface area contributed by atoms with Crippen LogP contribution in [0, 0.1) is 17.1 Å². The highest BCUT2D eigenvalue weighted by Gasteiger charge is 2.21. The summed E-state index contributed by atoms with van der Waals surface area (Å²) < 4.78 is 19.5. The van der Waals surface area contributed by atoms with Gasteiger partial charge in [0.15, 0.2) is 0 Å². The maximum Gasteiger partial charge on any atom is 0.264 e. The number of ether oxygens (including phenoxy) is 1. The Morgan fingerprint density at radius 3 is 2.70 bits per heavy atom. The Hall–Kier alpha value is -2.84. The maximum atomic E-state index is 13.8. The number of benzene rings is 2. The molecule has 4 nitrogen and oxygen atoms in total. The van der Waals surface area contributed by atoms with Gasteiger partial charge in [-0.1, -0.05) is 29.8 Å². The average Bonchev–Trinajstić information content (AvgIpc) is 3.20. The summed E-state index contributed by atoms with van der Waals surface area (Å²) in [6, 6.07) is 13.4. The number of likely N-dealkylation sites (tertiary alicyclic amines) is 1. The summed E-state index contributed by atoms with van der Waals surface area (Å²) in [6.07, 6.45) is 3.47. The van der Waals surface area contributed by atoms with Gasteiger partial charge in [0.05, 0.1) is 5.02 Å². The van der Waals surface area contributed by atoms with Gasteiger partial charge in [0.25, 0.3) is 5.91 Å². The van der Waals surface area contributed by atoms with Crippen LogP contribution in [0.2, 0.25) is 5.02 Å². The number of nitrogens with zero attached hydrogens (tertiary/aromatic N) is 2. The van der Waals surface area contributed by atoms with Gasteiger partial charge in [-0.3, -0.25) is 4.79 Å². The van der Waals surface area contributed by atoms with Crippen LogP contribution in [0.4, 0.5) is 4.39 Å². The van der Waals surface area contributed by atoms with Crippen molar-refractivity contribution in [3.63, 3.8) is 0 Å². The van der Waals surface area contributed by atoms with Gasteiger partial charge < -0.3 is 9.64 Å². The van der Waals surface area contributed by atoms with Crippen molar-refractivity contribution in [2.24, 2.45) is 0 Å². The fraction of sp³-hybridized carbons (Fsp3) is 0.238. The zero-order chi connectivity index (χ0) is 19.2. The number of amides is 1.